The molecule has 114 valence electrons. The smallest absolute Gasteiger partial charge is 0.322 e. The Labute approximate surface area is 136 Å². The highest BCUT2D eigenvalue weighted by Crippen LogP contribution is 2.17. The molecular weight excluding hydrogens is 343 g/mol. The summed E-state index contributed by atoms with van der Waals surface area (Å²) < 4.78 is 14.6. The Morgan fingerprint density at radius 1 is 0.714 bits per heavy atom. The lowest BCUT2D eigenvalue weighted by molar-refractivity contribution is 0.329. The molecule has 21 heavy (non-hydrogen) atoms. The molecule has 2 aromatic heterocycles. The second-order valence-corrected chi connectivity index (χ2v) is 4.33. The summed E-state index contributed by atoms with van der Waals surface area (Å²) in [7, 11) is 4.51. The topological polar surface area (TPSA) is 79.2 Å². The number of hydrogen-bond acceptors (Lipinski definition) is 7. The Morgan fingerprint density at radius 2 is 1.19 bits per heavy atom. The molecular formula is C11H11Cl3N4O3. The van der Waals surface area contributed by atoms with Crippen molar-refractivity contribution in [2.24, 2.45) is 0 Å². The van der Waals surface area contributed by atoms with Crippen LogP contribution in [0.5, 0.6) is 17.8 Å². The minimum Gasteiger partial charge on any atom is -0.481 e. The van der Waals surface area contributed by atoms with Crippen LogP contribution in [0.25, 0.3) is 0 Å². The van der Waals surface area contributed by atoms with Crippen LogP contribution in [0.15, 0.2) is 12.1 Å². The monoisotopic (exact) mass is 352 g/mol. The van der Waals surface area contributed by atoms with Crippen LogP contribution in [0.1, 0.15) is 0 Å². The molecule has 10 heteroatoms. The molecule has 2 heterocycles. The van der Waals surface area contributed by atoms with Gasteiger partial charge < -0.3 is 14.2 Å². The Kier molecular flexibility index (Phi) is 7.21. The Morgan fingerprint density at radius 3 is 1.52 bits per heavy atom. The van der Waals surface area contributed by atoms with Gasteiger partial charge in [0.1, 0.15) is 10.3 Å². The molecule has 0 aliphatic carbocycles. The normalized spacial score (nSPS) is 9.43. The summed E-state index contributed by atoms with van der Waals surface area (Å²) in [6, 6.07) is 3.21. The molecule has 0 atom stereocenters. The van der Waals surface area contributed by atoms with Gasteiger partial charge >= 0.3 is 6.01 Å². The van der Waals surface area contributed by atoms with E-state index in [4.69, 9.17) is 49.0 Å². The lowest BCUT2D eigenvalue weighted by Gasteiger charge is -2.03. The molecule has 0 spiro atoms. The lowest BCUT2D eigenvalue weighted by Crippen LogP contribution is -1.97. The third-order valence-corrected chi connectivity index (χ3v) is 2.45. The number of methoxy groups -OCH3 is 3. The van der Waals surface area contributed by atoms with Crippen LogP contribution in [-0.2, 0) is 0 Å². The van der Waals surface area contributed by atoms with E-state index in [0.29, 0.717) is 11.8 Å². The summed E-state index contributed by atoms with van der Waals surface area (Å²) in [6.07, 6.45) is 0. The van der Waals surface area contributed by atoms with Gasteiger partial charge in [0.15, 0.2) is 0 Å². The van der Waals surface area contributed by atoms with Gasteiger partial charge in [-0.1, -0.05) is 23.2 Å². The van der Waals surface area contributed by atoms with E-state index in [1.807, 2.05) is 0 Å². The van der Waals surface area contributed by atoms with E-state index in [1.54, 1.807) is 6.07 Å². The maximum atomic E-state index is 5.43. The van der Waals surface area contributed by atoms with Crippen LogP contribution in [0, 0.1) is 0 Å². The maximum Gasteiger partial charge on any atom is 0.322 e. The number of nitrogens with zero attached hydrogens (tertiary/aromatic N) is 4. The predicted molar refractivity (Wildman–Crippen MR) is 78.8 cm³/mol. The highest BCUT2D eigenvalue weighted by Gasteiger charge is 2.03. The molecule has 0 saturated carbocycles. The molecule has 0 fully saturated rings. The highest BCUT2D eigenvalue weighted by atomic mass is 35.5. The van der Waals surface area contributed by atoms with E-state index < -0.39 is 0 Å². The zero-order valence-electron chi connectivity index (χ0n) is 11.3. The molecule has 7 nitrogen and oxygen atoms in total. The van der Waals surface area contributed by atoms with Crippen LogP contribution in [0.4, 0.5) is 0 Å². The summed E-state index contributed by atoms with van der Waals surface area (Å²) in [5.74, 6) is 0.831. The van der Waals surface area contributed by atoms with Crippen molar-refractivity contribution >= 4 is 34.8 Å². The van der Waals surface area contributed by atoms with Crippen LogP contribution in [0.2, 0.25) is 15.6 Å². The van der Waals surface area contributed by atoms with E-state index in [0.717, 1.165) is 0 Å². The first-order valence-corrected chi connectivity index (χ1v) is 6.48. The van der Waals surface area contributed by atoms with Gasteiger partial charge in [0.25, 0.3) is 0 Å². The Hall–Kier alpha value is -1.57. The average Bonchev–Trinajstić information content (AvgIpc) is 2.45. The largest absolute Gasteiger partial charge is 0.481 e. The average molecular weight is 354 g/mol. The second-order valence-electron chi connectivity index (χ2n) is 3.22. The molecule has 0 N–H and O–H groups in total. The first kappa shape index (κ1) is 17.5. The van der Waals surface area contributed by atoms with Crippen molar-refractivity contribution in [3.63, 3.8) is 0 Å². The quantitative estimate of drug-likeness (QED) is 0.620. The minimum absolute atomic E-state index is 0.0625. The first-order valence-electron chi connectivity index (χ1n) is 5.35. The highest BCUT2D eigenvalue weighted by molar-refractivity contribution is 6.35. The molecule has 0 aromatic carbocycles. The summed E-state index contributed by atoms with van der Waals surface area (Å²) in [5.41, 5.74) is 0. The van der Waals surface area contributed by atoms with Gasteiger partial charge in [-0.3, -0.25) is 0 Å². The number of halogens is 3. The van der Waals surface area contributed by atoms with Crippen LogP contribution >= 0.6 is 34.8 Å². The standard InChI is InChI=1S/C7H10N2O3.C4HCl3N2/c1-10-5-4-6(11-2)9-7(8-5)12-3;5-2-1-3(6)9-4(7)8-2/h4H,1-3H3;1H. The molecule has 0 bridgehead atoms. The third-order valence-electron chi connectivity index (χ3n) is 1.90. The van der Waals surface area contributed by atoms with E-state index in [-0.39, 0.29) is 21.6 Å². The van der Waals surface area contributed by atoms with Gasteiger partial charge in [0.2, 0.25) is 17.0 Å². The van der Waals surface area contributed by atoms with E-state index in [9.17, 15) is 0 Å². The minimum atomic E-state index is 0.0625. The van der Waals surface area contributed by atoms with Crippen molar-refractivity contribution in [1.82, 2.24) is 19.9 Å². The Balaban J connectivity index is 0.000000219. The lowest BCUT2D eigenvalue weighted by atomic mass is 10.6. The van der Waals surface area contributed by atoms with Crippen molar-refractivity contribution in [2.45, 2.75) is 0 Å². The van der Waals surface area contributed by atoms with Gasteiger partial charge in [0, 0.05) is 6.07 Å². The third kappa shape index (κ3) is 6.16. The van der Waals surface area contributed by atoms with Gasteiger partial charge in [-0.2, -0.15) is 9.97 Å². The molecule has 0 saturated heterocycles. The van der Waals surface area contributed by atoms with E-state index in [2.05, 4.69) is 19.9 Å². The van der Waals surface area contributed by atoms with Crippen molar-refractivity contribution in [2.75, 3.05) is 21.3 Å². The maximum absolute atomic E-state index is 5.43. The SMILES string of the molecule is COc1cc(OC)nc(OC)n1.Clc1cc(Cl)nc(Cl)n1. The molecule has 2 rings (SSSR count). The fraction of sp³-hybridized carbons (Fsp3) is 0.273. The first-order chi connectivity index (χ1) is 9.98. The van der Waals surface area contributed by atoms with Crippen LogP contribution < -0.4 is 14.2 Å². The van der Waals surface area contributed by atoms with Gasteiger partial charge in [0.05, 0.1) is 27.4 Å². The number of hydrogen-bond donors (Lipinski definition) is 0. The fourth-order valence-electron chi connectivity index (χ4n) is 1.05. The molecule has 0 unspecified atom stereocenters. The zero-order chi connectivity index (χ0) is 15.8. The molecule has 0 aliphatic rings. The molecule has 2 aromatic rings. The van der Waals surface area contributed by atoms with Crippen LogP contribution in [-0.4, -0.2) is 41.3 Å². The van der Waals surface area contributed by atoms with Crippen molar-refractivity contribution < 1.29 is 14.2 Å². The molecule has 0 amide bonds. The fourth-order valence-corrected chi connectivity index (χ4v) is 1.74. The van der Waals surface area contributed by atoms with Gasteiger partial charge in [-0.25, -0.2) is 9.97 Å². The van der Waals surface area contributed by atoms with Crippen molar-refractivity contribution in [3.05, 3.63) is 27.7 Å². The molecule has 0 aliphatic heterocycles. The molecule has 0 radical (unpaired) electrons. The summed E-state index contributed by atoms with van der Waals surface area (Å²) in [4.78, 5) is 14.9. The van der Waals surface area contributed by atoms with Gasteiger partial charge in [-0.05, 0) is 11.6 Å². The zero-order valence-corrected chi connectivity index (χ0v) is 13.6. The van der Waals surface area contributed by atoms with E-state index >= 15 is 0 Å². The van der Waals surface area contributed by atoms with E-state index in [1.165, 1.54) is 27.4 Å². The Bertz CT molecular complexity index is 495. The van der Waals surface area contributed by atoms with Gasteiger partial charge in [-0.15, -0.1) is 0 Å². The number of ether oxygens (including phenoxy) is 3. The summed E-state index contributed by atoms with van der Waals surface area (Å²) in [6.45, 7) is 0. The van der Waals surface area contributed by atoms with Crippen molar-refractivity contribution in [3.8, 4) is 17.8 Å². The van der Waals surface area contributed by atoms with Crippen molar-refractivity contribution in [1.29, 1.82) is 0 Å². The predicted octanol–water partition coefficient (Wildman–Crippen LogP) is 2.94. The second kappa shape index (κ2) is 8.66. The summed E-state index contributed by atoms with van der Waals surface area (Å²) >= 11 is 16.2. The number of aromatic nitrogens is 4. The summed E-state index contributed by atoms with van der Waals surface area (Å²) in [5, 5.41) is 0.563. The van der Waals surface area contributed by atoms with Crippen LogP contribution in [0.3, 0.4) is 0 Å². The number of rotatable bonds is 3.